The number of benzene rings is 2. The number of nitrogens with zero attached hydrogens (tertiary/aromatic N) is 3. The van der Waals surface area contributed by atoms with Gasteiger partial charge in [-0.1, -0.05) is 23.7 Å². The van der Waals surface area contributed by atoms with E-state index in [1.54, 1.807) is 28.0 Å². The van der Waals surface area contributed by atoms with E-state index in [0.29, 0.717) is 29.4 Å². The van der Waals surface area contributed by atoms with E-state index >= 15 is 0 Å². The standard InChI is InChI=1S/C23H24ClN5O2/c1-15(26-13-22(30)28-10-4-5-17(28)12-25)14-29-21-7-3-2-6-20(21)27-19-9-8-16(24)11-18(19)23(29)31/h2-3,6-9,11,15,17,26-27H,4-5,10,13-14H2,1H3/t15-,17?/m1/s1. The SMILES string of the molecule is C[C@H](CN1C(=O)c2cc(Cl)ccc2Nc2ccccc21)NCC(=O)N1CCCC1C#N. The van der Waals surface area contributed by atoms with E-state index in [9.17, 15) is 14.9 Å². The maximum atomic E-state index is 13.4. The summed E-state index contributed by atoms with van der Waals surface area (Å²) in [6.45, 7) is 3.06. The molecule has 0 aliphatic carbocycles. The first-order valence-corrected chi connectivity index (χ1v) is 10.8. The van der Waals surface area contributed by atoms with E-state index in [4.69, 9.17) is 11.6 Å². The van der Waals surface area contributed by atoms with Crippen LogP contribution in [-0.4, -0.2) is 48.4 Å². The highest BCUT2D eigenvalue weighted by atomic mass is 35.5. The summed E-state index contributed by atoms with van der Waals surface area (Å²) in [5.41, 5.74) is 2.80. The molecule has 2 aromatic carbocycles. The zero-order chi connectivity index (χ0) is 22.0. The van der Waals surface area contributed by atoms with E-state index < -0.39 is 0 Å². The minimum Gasteiger partial charge on any atom is -0.353 e. The van der Waals surface area contributed by atoms with Crippen molar-refractivity contribution >= 4 is 40.5 Å². The highest BCUT2D eigenvalue weighted by Gasteiger charge is 2.30. The molecule has 1 fully saturated rings. The number of anilines is 3. The van der Waals surface area contributed by atoms with Crippen molar-refractivity contribution in [2.75, 3.05) is 29.9 Å². The Morgan fingerprint density at radius 2 is 2.13 bits per heavy atom. The van der Waals surface area contributed by atoms with Gasteiger partial charge in [0, 0.05) is 24.2 Å². The summed E-state index contributed by atoms with van der Waals surface area (Å²) in [4.78, 5) is 29.3. The predicted octanol–water partition coefficient (Wildman–Crippen LogP) is 3.54. The van der Waals surface area contributed by atoms with Crippen molar-refractivity contribution in [3.8, 4) is 6.07 Å². The lowest BCUT2D eigenvalue weighted by molar-refractivity contribution is -0.130. The van der Waals surface area contributed by atoms with Gasteiger partial charge in [0.2, 0.25) is 5.91 Å². The van der Waals surface area contributed by atoms with Crippen LogP contribution in [0.25, 0.3) is 0 Å². The van der Waals surface area contributed by atoms with Crippen LogP contribution in [0.4, 0.5) is 17.1 Å². The summed E-state index contributed by atoms with van der Waals surface area (Å²) in [5.74, 6) is -0.240. The molecular formula is C23H24ClN5O2. The number of likely N-dealkylation sites (tertiary alicyclic amines) is 1. The predicted molar refractivity (Wildman–Crippen MR) is 121 cm³/mol. The number of hydrogen-bond donors (Lipinski definition) is 2. The lowest BCUT2D eigenvalue weighted by Gasteiger charge is -2.27. The molecule has 0 spiro atoms. The molecule has 2 aromatic rings. The molecule has 31 heavy (non-hydrogen) atoms. The van der Waals surface area contributed by atoms with Crippen LogP contribution in [-0.2, 0) is 4.79 Å². The summed E-state index contributed by atoms with van der Waals surface area (Å²) < 4.78 is 0. The van der Waals surface area contributed by atoms with Crippen LogP contribution in [0.3, 0.4) is 0 Å². The Kier molecular flexibility index (Phi) is 6.12. The van der Waals surface area contributed by atoms with E-state index in [2.05, 4.69) is 16.7 Å². The fraction of sp³-hybridized carbons (Fsp3) is 0.348. The highest BCUT2D eigenvalue weighted by molar-refractivity contribution is 6.31. The van der Waals surface area contributed by atoms with Crippen molar-refractivity contribution in [3.05, 3.63) is 53.1 Å². The van der Waals surface area contributed by atoms with Gasteiger partial charge in [0.25, 0.3) is 5.91 Å². The smallest absolute Gasteiger partial charge is 0.260 e. The van der Waals surface area contributed by atoms with Crippen LogP contribution < -0.4 is 15.5 Å². The quantitative estimate of drug-likeness (QED) is 0.746. The lowest BCUT2D eigenvalue weighted by atomic mass is 10.1. The summed E-state index contributed by atoms with van der Waals surface area (Å²) >= 11 is 6.15. The molecule has 1 unspecified atom stereocenters. The zero-order valence-electron chi connectivity index (χ0n) is 17.3. The number of nitriles is 1. The monoisotopic (exact) mass is 437 g/mol. The van der Waals surface area contributed by atoms with Crippen LogP contribution >= 0.6 is 11.6 Å². The Morgan fingerprint density at radius 3 is 2.94 bits per heavy atom. The minimum atomic E-state index is -0.337. The summed E-state index contributed by atoms with van der Waals surface area (Å²) in [5, 5.41) is 16.2. The van der Waals surface area contributed by atoms with Gasteiger partial charge in [-0.3, -0.25) is 9.59 Å². The minimum absolute atomic E-state index is 0.0858. The zero-order valence-corrected chi connectivity index (χ0v) is 18.0. The average Bonchev–Trinajstić information content (AvgIpc) is 3.22. The van der Waals surface area contributed by atoms with Crippen molar-refractivity contribution in [2.45, 2.75) is 31.8 Å². The van der Waals surface area contributed by atoms with Crippen LogP contribution in [0.1, 0.15) is 30.1 Å². The molecule has 160 valence electrons. The molecule has 2 heterocycles. The van der Waals surface area contributed by atoms with Gasteiger partial charge in [0.05, 0.1) is 35.2 Å². The molecule has 1 saturated heterocycles. The van der Waals surface area contributed by atoms with Gasteiger partial charge in [-0.25, -0.2) is 0 Å². The number of fused-ring (bicyclic) bond motifs is 2. The number of carbonyl (C=O) groups excluding carboxylic acids is 2. The van der Waals surface area contributed by atoms with E-state index in [1.165, 1.54) is 0 Å². The second kappa shape index (κ2) is 8.96. The van der Waals surface area contributed by atoms with Gasteiger partial charge in [-0.2, -0.15) is 5.26 Å². The van der Waals surface area contributed by atoms with Gasteiger partial charge < -0.3 is 20.4 Å². The number of carbonyl (C=O) groups is 2. The first-order chi connectivity index (χ1) is 15.0. The molecule has 2 amide bonds. The fourth-order valence-corrected chi connectivity index (χ4v) is 4.27. The Balaban J connectivity index is 1.50. The normalized spacial score (nSPS) is 18.5. The molecule has 8 heteroatoms. The molecule has 0 saturated carbocycles. The third-order valence-electron chi connectivity index (χ3n) is 5.70. The molecule has 2 N–H and O–H groups in total. The highest BCUT2D eigenvalue weighted by Crippen LogP contribution is 2.36. The second-order valence-corrected chi connectivity index (χ2v) is 8.34. The van der Waals surface area contributed by atoms with Gasteiger partial charge in [0.1, 0.15) is 6.04 Å². The van der Waals surface area contributed by atoms with Crippen LogP contribution in [0, 0.1) is 11.3 Å². The number of para-hydroxylation sites is 2. The van der Waals surface area contributed by atoms with E-state index in [1.807, 2.05) is 31.2 Å². The van der Waals surface area contributed by atoms with Gasteiger partial charge >= 0.3 is 0 Å². The van der Waals surface area contributed by atoms with Crippen LogP contribution in [0.2, 0.25) is 5.02 Å². The van der Waals surface area contributed by atoms with Crippen molar-refractivity contribution < 1.29 is 9.59 Å². The van der Waals surface area contributed by atoms with Crippen LogP contribution in [0.15, 0.2) is 42.5 Å². The fourth-order valence-electron chi connectivity index (χ4n) is 4.10. The van der Waals surface area contributed by atoms with Crippen molar-refractivity contribution in [2.24, 2.45) is 0 Å². The number of amides is 2. The Morgan fingerprint density at radius 1 is 1.32 bits per heavy atom. The lowest BCUT2D eigenvalue weighted by Crippen LogP contribution is -2.47. The maximum absolute atomic E-state index is 13.4. The number of nitrogens with one attached hydrogen (secondary N) is 2. The Hall–Kier alpha value is -3.08. The molecule has 0 radical (unpaired) electrons. The molecule has 2 aliphatic heterocycles. The van der Waals surface area contributed by atoms with Gasteiger partial charge in [-0.05, 0) is 50.1 Å². The topological polar surface area (TPSA) is 88.5 Å². The van der Waals surface area contributed by atoms with Gasteiger partial charge in [0.15, 0.2) is 0 Å². The van der Waals surface area contributed by atoms with E-state index in [-0.39, 0.29) is 30.4 Å². The number of halogens is 1. The summed E-state index contributed by atoms with van der Waals surface area (Å²) in [6, 6.07) is 14.6. The summed E-state index contributed by atoms with van der Waals surface area (Å²) in [7, 11) is 0. The molecule has 4 rings (SSSR count). The van der Waals surface area contributed by atoms with E-state index in [0.717, 1.165) is 24.2 Å². The van der Waals surface area contributed by atoms with Crippen LogP contribution in [0.5, 0.6) is 0 Å². The largest absolute Gasteiger partial charge is 0.353 e. The second-order valence-electron chi connectivity index (χ2n) is 7.90. The number of hydrogen-bond acceptors (Lipinski definition) is 5. The molecule has 0 aromatic heterocycles. The maximum Gasteiger partial charge on any atom is 0.260 e. The molecule has 2 aliphatic rings. The third kappa shape index (κ3) is 4.36. The molecule has 0 bridgehead atoms. The summed E-state index contributed by atoms with van der Waals surface area (Å²) in [6.07, 6.45) is 1.58. The van der Waals surface area contributed by atoms with Crippen molar-refractivity contribution in [3.63, 3.8) is 0 Å². The third-order valence-corrected chi connectivity index (χ3v) is 5.94. The average molecular weight is 438 g/mol. The Bertz CT molecular complexity index is 1050. The van der Waals surface area contributed by atoms with Crippen molar-refractivity contribution in [1.29, 1.82) is 5.26 Å². The van der Waals surface area contributed by atoms with Crippen molar-refractivity contribution in [1.82, 2.24) is 10.2 Å². The molecule has 2 atom stereocenters. The molecular weight excluding hydrogens is 414 g/mol. The first kappa shape index (κ1) is 21.2. The Labute approximate surface area is 186 Å². The van der Waals surface area contributed by atoms with Gasteiger partial charge in [-0.15, -0.1) is 0 Å². The first-order valence-electron chi connectivity index (χ1n) is 10.4. The number of rotatable bonds is 5. The molecule has 7 nitrogen and oxygen atoms in total.